The minimum Gasteiger partial charge on any atom is -0.465 e. The van der Waals surface area contributed by atoms with E-state index < -0.39 is 0 Å². The SMILES string of the molecule is CN1CCC(NC(=O)/C(=C/c2ccco2)NC(=O)c2ccccc2)CC1. The van der Waals surface area contributed by atoms with Gasteiger partial charge in [0, 0.05) is 17.7 Å². The Morgan fingerprint density at radius 3 is 2.50 bits per heavy atom. The number of piperidine rings is 1. The highest BCUT2D eigenvalue weighted by Crippen LogP contribution is 2.11. The fourth-order valence-corrected chi connectivity index (χ4v) is 2.87. The van der Waals surface area contributed by atoms with Crippen LogP contribution < -0.4 is 10.6 Å². The van der Waals surface area contributed by atoms with Crippen LogP contribution in [0.5, 0.6) is 0 Å². The first-order valence-corrected chi connectivity index (χ1v) is 8.73. The van der Waals surface area contributed by atoms with E-state index in [1.807, 2.05) is 6.07 Å². The Hall–Kier alpha value is -2.86. The van der Waals surface area contributed by atoms with Gasteiger partial charge in [0.15, 0.2) is 0 Å². The van der Waals surface area contributed by atoms with E-state index >= 15 is 0 Å². The third kappa shape index (κ3) is 4.83. The summed E-state index contributed by atoms with van der Waals surface area (Å²) in [7, 11) is 2.07. The molecule has 6 nitrogen and oxygen atoms in total. The highest BCUT2D eigenvalue weighted by Gasteiger charge is 2.21. The second kappa shape index (κ2) is 8.49. The van der Waals surface area contributed by atoms with E-state index in [1.54, 1.807) is 42.5 Å². The number of nitrogens with zero attached hydrogens (tertiary/aromatic N) is 1. The molecule has 0 spiro atoms. The number of benzene rings is 1. The van der Waals surface area contributed by atoms with E-state index in [1.165, 1.54) is 6.26 Å². The van der Waals surface area contributed by atoms with Crippen LogP contribution in [0, 0.1) is 0 Å². The molecule has 3 rings (SSSR count). The van der Waals surface area contributed by atoms with Gasteiger partial charge in [0.25, 0.3) is 11.8 Å². The minimum atomic E-state index is -0.332. The summed E-state index contributed by atoms with van der Waals surface area (Å²) < 4.78 is 5.29. The van der Waals surface area contributed by atoms with Crippen molar-refractivity contribution in [2.75, 3.05) is 20.1 Å². The van der Waals surface area contributed by atoms with Gasteiger partial charge in [-0.05, 0) is 57.2 Å². The van der Waals surface area contributed by atoms with Crippen molar-refractivity contribution in [3.63, 3.8) is 0 Å². The fraction of sp³-hybridized carbons (Fsp3) is 0.300. The molecule has 2 N–H and O–H groups in total. The molecular weight excluding hydrogens is 330 g/mol. The molecule has 1 fully saturated rings. The molecule has 1 aromatic carbocycles. The second-order valence-electron chi connectivity index (χ2n) is 6.44. The fourth-order valence-electron chi connectivity index (χ4n) is 2.87. The van der Waals surface area contributed by atoms with E-state index in [4.69, 9.17) is 4.42 Å². The molecule has 26 heavy (non-hydrogen) atoms. The van der Waals surface area contributed by atoms with Gasteiger partial charge in [0.05, 0.1) is 6.26 Å². The molecule has 2 aromatic rings. The lowest BCUT2D eigenvalue weighted by molar-refractivity contribution is -0.118. The van der Waals surface area contributed by atoms with Crippen molar-refractivity contribution in [3.8, 4) is 0 Å². The van der Waals surface area contributed by atoms with Gasteiger partial charge in [0.1, 0.15) is 11.5 Å². The van der Waals surface area contributed by atoms with Crippen LogP contribution >= 0.6 is 0 Å². The lowest BCUT2D eigenvalue weighted by atomic mass is 10.1. The van der Waals surface area contributed by atoms with Crippen LogP contribution in [0.3, 0.4) is 0 Å². The minimum absolute atomic E-state index is 0.104. The van der Waals surface area contributed by atoms with Gasteiger partial charge in [0.2, 0.25) is 0 Å². The Balaban J connectivity index is 1.73. The molecule has 0 bridgehead atoms. The first-order valence-electron chi connectivity index (χ1n) is 8.73. The average molecular weight is 353 g/mol. The number of amides is 2. The van der Waals surface area contributed by atoms with Gasteiger partial charge >= 0.3 is 0 Å². The normalized spacial score (nSPS) is 16.3. The average Bonchev–Trinajstić information content (AvgIpc) is 3.17. The summed E-state index contributed by atoms with van der Waals surface area (Å²) >= 11 is 0. The van der Waals surface area contributed by atoms with Gasteiger partial charge in [-0.1, -0.05) is 18.2 Å². The molecule has 6 heteroatoms. The predicted octanol–water partition coefficient (Wildman–Crippen LogP) is 2.26. The van der Waals surface area contributed by atoms with Crippen LogP contribution in [-0.2, 0) is 4.79 Å². The van der Waals surface area contributed by atoms with E-state index in [2.05, 4.69) is 22.6 Å². The van der Waals surface area contributed by atoms with Crippen molar-refractivity contribution in [2.45, 2.75) is 18.9 Å². The second-order valence-corrected chi connectivity index (χ2v) is 6.44. The van der Waals surface area contributed by atoms with Crippen LogP contribution in [0.2, 0.25) is 0 Å². The quantitative estimate of drug-likeness (QED) is 0.809. The summed E-state index contributed by atoms with van der Waals surface area (Å²) in [4.78, 5) is 27.4. The Morgan fingerprint density at radius 2 is 1.85 bits per heavy atom. The Labute approximate surface area is 152 Å². The highest BCUT2D eigenvalue weighted by molar-refractivity contribution is 6.05. The molecule has 2 amide bonds. The third-order valence-corrected chi connectivity index (χ3v) is 4.41. The molecule has 136 valence electrons. The summed E-state index contributed by atoms with van der Waals surface area (Å²) in [5.41, 5.74) is 0.665. The van der Waals surface area contributed by atoms with Crippen molar-refractivity contribution >= 4 is 17.9 Å². The molecule has 1 aliphatic rings. The van der Waals surface area contributed by atoms with Crippen LogP contribution in [0.4, 0.5) is 0 Å². The smallest absolute Gasteiger partial charge is 0.268 e. The first-order chi connectivity index (χ1) is 12.6. The molecule has 0 aliphatic carbocycles. The maximum absolute atomic E-state index is 12.7. The molecular formula is C20H23N3O3. The molecule has 1 aliphatic heterocycles. The van der Waals surface area contributed by atoms with Gasteiger partial charge in [-0.3, -0.25) is 9.59 Å². The summed E-state index contributed by atoms with van der Waals surface area (Å²) in [6, 6.07) is 12.4. The number of rotatable bonds is 5. The summed E-state index contributed by atoms with van der Waals surface area (Å²) in [6.07, 6.45) is 4.86. The zero-order valence-electron chi connectivity index (χ0n) is 14.8. The molecule has 2 heterocycles. The zero-order chi connectivity index (χ0) is 18.4. The van der Waals surface area contributed by atoms with E-state index in [-0.39, 0.29) is 23.6 Å². The van der Waals surface area contributed by atoms with Crippen LogP contribution in [0.15, 0.2) is 58.8 Å². The zero-order valence-corrected chi connectivity index (χ0v) is 14.8. The van der Waals surface area contributed by atoms with E-state index in [0.717, 1.165) is 25.9 Å². The largest absolute Gasteiger partial charge is 0.465 e. The molecule has 1 aromatic heterocycles. The van der Waals surface area contributed by atoms with Crippen molar-refractivity contribution in [1.82, 2.24) is 15.5 Å². The molecule has 1 saturated heterocycles. The Kier molecular flexibility index (Phi) is 5.86. The van der Waals surface area contributed by atoms with Crippen molar-refractivity contribution in [2.24, 2.45) is 0 Å². The van der Waals surface area contributed by atoms with Crippen molar-refractivity contribution in [3.05, 3.63) is 65.7 Å². The highest BCUT2D eigenvalue weighted by atomic mass is 16.3. The summed E-state index contributed by atoms with van der Waals surface area (Å²) in [5, 5.41) is 5.73. The lowest BCUT2D eigenvalue weighted by Crippen LogP contribution is -2.45. The predicted molar refractivity (Wildman–Crippen MR) is 99.3 cm³/mol. The van der Waals surface area contributed by atoms with Crippen LogP contribution in [-0.4, -0.2) is 42.9 Å². The van der Waals surface area contributed by atoms with Gasteiger partial charge in [-0.2, -0.15) is 0 Å². The summed E-state index contributed by atoms with van der Waals surface area (Å²) in [5.74, 6) is -0.131. The van der Waals surface area contributed by atoms with E-state index in [9.17, 15) is 9.59 Å². The number of hydrogen-bond acceptors (Lipinski definition) is 4. The van der Waals surface area contributed by atoms with Crippen LogP contribution in [0.1, 0.15) is 29.0 Å². The molecule has 0 unspecified atom stereocenters. The van der Waals surface area contributed by atoms with Gasteiger partial charge < -0.3 is 20.0 Å². The number of carbonyl (C=O) groups is 2. The number of carbonyl (C=O) groups excluding carboxylic acids is 2. The Bertz CT molecular complexity index is 761. The lowest BCUT2D eigenvalue weighted by Gasteiger charge is -2.29. The van der Waals surface area contributed by atoms with Crippen molar-refractivity contribution < 1.29 is 14.0 Å². The maximum Gasteiger partial charge on any atom is 0.268 e. The molecule has 0 radical (unpaired) electrons. The standard InChI is InChI=1S/C20H23N3O3/c1-23-11-9-16(10-12-23)21-20(25)18(14-17-8-5-13-26-17)22-19(24)15-6-3-2-4-7-15/h2-8,13-14,16H,9-12H2,1H3,(H,21,25)(H,22,24)/b18-14-. The van der Waals surface area contributed by atoms with Crippen LogP contribution in [0.25, 0.3) is 6.08 Å². The number of nitrogens with one attached hydrogen (secondary N) is 2. The summed E-state index contributed by atoms with van der Waals surface area (Å²) in [6.45, 7) is 1.89. The Morgan fingerprint density at radius 1 is 1.12 bits per heavy atom. The first kappa shape index (κ1) is 17.9. The number of likely N-dealkylation sites (tertiary alicyclic amines) is 1. The number of hydrogen-bond donors (Lipinski definition) is 2. The molecule has 0 saturated carbocycles. The van der Waals surface area contributed by atoms with Gasteiger partial charge in [-0.25, -0.2) is 0 Å². The maximum atomic E-state index is 12.7. The topological polar surface area (TPSA) is 74.6 Å². The molecule has 0 atom stereocenters. The monoisotopic (exact) mass is 353 g/mol. The van der Waals surface area contributed by atoms with Crippen molar-refractivity contribution in [1.29, 1.82) is 0 Å². The number of furan rings is 1. The third-order valence-electron chi connectivity index (χ3n) is 4.41. The van der Waals surface area contributed by atoms with E-state index in [0.29, 0.717) is 11.3 Å². The van der Waals surface area contributed by atoms with Gasteiger partial charge in [-0.15, -0.1) is 0 Å².